The van der Waals surface area contributed by atoms with Crippen LogP contribution in [0.15, 0.2) is 55.3 Å². The summed E-state index contributed by atoms with van der Waals surface area (Å²) in [6.07, 6.45) is 5.81. The standard InChI is InChI=1S/C20H24N6/c1-15(26-8-6-24(2)7-9-26)23-20-11-18-10-16(4-5-17(18)12-21-20)19-13-22-25(3)14-19/h4-5,10-14H,1,6-9H2,2-3H3,(H,21,23). The minimum Gasteiger partial charge on any atom is -0.356 e. The van der Waals surface area contributed by atoms with Crippen LogP contribution in [0.2, 0.25) is 0 Å². The quantitative estimate of drug-likeness (QED) is 0.786. The number of benzene rings is 1. The van der Waals surface area contributed by atoms with Gasteiger partial charge in [-0.2, -0.15) is 5.10 Å². The zero-order chi connectivity index (χ0) is 18.1. The molecule has 0 amide bonds. The lowest BCUT2D eigenvalue weighted by molar-refractivity contribution is 0.188. The van der Waals surface area contributed by atoms with Crippen molar-refractivity contribution >= 4 is 16.6 Å². The maximum atomic E-state index is 4.54. The van der Waals surface area contributed by atoms with E-state index in [1.807, 2.05) is 30.3 Å². The van der Waals surface area contributed by atoms with E-state index in [-0.39, 0.29) is 0 Å². The fraction of sp³-hybridized carbons (Fsp3) is 0.300. The zero-order valence-corrected chi connectivity index (χ0v) is 15.3. The van der Waals surface area contributed by atoms with Crippen LogP contribution in [0.1, 0.15) is 0 Å². The number of anilines is 1. The van der Waals surface area contributed by atoms with E-state index in [0.717, 1.165) is 59.7 Å². The second-order valence-electron chi connectivity index (χ2n) is 6.90. The summed E-state index contributed by atoms with van der Waals surface area (Å²) in [4.78, 5) is 9.14. The molecule has 3 heterocycles. The molecule has 134 valence electrons. The predicted octanol–water partition coefficient (Wildman–Crippen LogP) is 2.77. The summed E-state index contributed by atoms with van der Waals surface area (Å²) in [5.74, 6) is 1.73. The summed E-state index contributed by atoms with van der Waals surface area (Å²) in [5, 5.41) is 9.89. The molecule has 0 aliphatic carbocycles. The van der Waals surface area contributed by atoms with Crippen LogP contribution in [0, 0.1) is 0 Å². The molecule has 1 aliphatic heterocycles. The number of aromatic nitrogens is 3. The van der Waals surface area contributed by atoms with Crippen LogP contribution in [0.4, 0.5) is 5.82 Å². The van der Waals surface area contributed by atoms with Crippen LogP contribution in [0.3, 0.4) is 0 Å². The van der Waals surface area contributed by atoms with Crippen molar-refractivity contribution in [2.45, 2.75) is 0 Å². The fourth-order valence-corrected chi connectivity index (χ4v) is 3.26. The van der Waals surface area contributed by atoms with Crippen LogP contribution in [-0.4, -0.2) is 57.8 Å². The largest absolute Gasteiger partial charge is 0.356 e. The molecule has 4 rings (SSSR count). The van der Waals surface area contributed by atoms with Crippen molar-refractivity contribution in [3.8, 4) is 11.1 Å². The lowest BCUT2D eigenvalue weighted by Gasteiger charge is -2.35. The van der Waals surface area contributed by atoms with Gasteiger partial charge in [-0.15, -0.1) is 0 Å². The van der Waals surface area contributed by atoms with E-state index >= 15 is 0 Å². The van der Waals surface area contributed by atoms with E-state index in [2.05, 4.69) is 63.1 Å². The van der Waals surface area contributed by atoms with Crippen molar-refractivity contribution in [2.24, 2.45) is 7.05 Å². The first-order valence-electron chi connectivity index (χ1n) is 8.87. The molecule has 1 fully saturated rings. The fourth-order valence-electron chi connectivity index (χ4n) is 3.26. The predicted molar refractivity (Wildman–Crippen MR) is 106 cm³/mol. The highest BCUT2D eigenvalue weighted by molar-refractivity contribution is 5.88. The Morgan fingerprint density at radius 3 is 2.54 bits per heavy atom. The van der Waals surface area contributed by atoms with E-state index in [0.29, 0.717) is 0 Å². The third-order valence-electron chi connectivity index (χ3n) is 4.92. The smallest absolute Gasteiger partial charge is 0.131 e. The number of fused-ring (bicyclic) bond motifs is 1. The Hall–Kier alpha value is -2.86. The molecule has 0 atom stereocenters. The van der Waals surface area contributed by atoms with E-state index in [9.17, 15) is 0 Å². The van der Waals surface area contributed by atoms with Gasteiger partial charge in [0.2, 0.25) is 0 Å². The summed E-state index contributed by atoms with van der Waals surface area (Å²) >= 11 is 0. The molecule has 1 N–H and O–H groups in total. The van der Waals surface area contributed by atoms with Gasteiger partial charge in [0.1, 0.15) is 5.82 Å². The van der Waals surface area contributed by atoms with Gasteiger partial charge in [0, 0.05) is 56.6 Å². The van der Waals surface area contributed by atoms with Gasteiger partial charge in [-0.3, -0.25) is 4.68 Å². The monoisotopic (exact) mass is 348 g/mol. The third kappa shape index (κ3) is 3.41. The van der Waals surface area contributed by atoms with Crippen molar-refractivity contribution in [1.82, 2.24) is 24.6 Å². The van der Waals surface area contributed by atoms with Crippen molar-refractivity contribution in [3.05, 3.63) is 55.3 Å². The number of aryl methyl sites for hydroxylation is 1. The van der Waals surface area contributed by atoms with Gasteiger partial charge < -0.3 is 15.1 Å². The molecular formula is C20H24N6. The number of nitrogens with one attached hydrogen (secondary N) is 1. The highest BCUT2D eigenvalue weighted by Crippen LogP contribution is 2.25. The van der Waals surface area contributed by atoms with Gasteiger partial charge in [0.15, 0.2) is 0 Å². The number of hydrogen-bond acceptors (Lipinski definition) is 5. The molecule has 3 aromatic rings. The summed E-state index contributed by atoms with van der Waals surface area (Å²) in [6, 6.07) is 8.47. The highest BCUT2D eigenvalue weighted by Gasteiger charge is 2.15. The van der Waals surface area contributed by atoms with Crippen LogP contribution >= 0.6 is 0 Å². The number of hydrogen-bond donors (Lipinski definition) is 1. The summed E-state index contributed by atoms with van der Waals surface area (Å²) in [7, 11) is 4.08. The Kier molecular flexibility index (Phi) is 4.34. The van der Waals surface area contributed by atoms with Crippen molar-refractivity contribution in [1.29, 1.82) is 0 Å². The van der Waals surface area contributed by atoms with Crippen LogP contribution < -0.4 is 5.32 Å². The van der Waals surface area contributed by atoms with Crippen LogP contribution in [0.5, 0.6) is 0 Å². The van der Waals surface area contributed by atoms with Crippen molar-refractivity contribution in [2.75, 3.05) is 38.5 Å². The second-order valence-corrected chi connectivity index (χ2v) is 6.90. The van der Waals surface area contributed by atoms with Gasteiger partial charge in [0.05, 0.1) is 12.0 Å². The van der Waals surface area contributed by atoms with Crippen LogP contribution in [0.25, 0.3) is 21.9 Å². The molecule has 0 radical (unpaired) electrons. The molecule has 1 saturated heterocycles. The summed E-state index contributed by atoms with van der Waals surface area (Å²) in [5.41, 5.74) is 2.27. The Morgan fingerprint density at radius 2 is 1.81 bits per heavy atom. The molecule has 0 bridgehead atoms. The van der Waals surface area contributed by atoms with Crippen LogP contribution in [-0.2, 0) is 7.05 Å². The summed E-state index contributed by atoms with van der Waals surface area (Å²) < 4.78 is 1.82. The number of pyridine rings is 1. The minimum atomic E-state index is 0.824. The average Bonchev–Trinajstić information content (AvgIpc) is 3.08. The highest BCUT2D eigenvalue weighted by atomic mass is 15.3. The van der Waals surface area contributed by atoms with Gasteiger partial charge in [-0.1, -0.05) is 18.7 Å². The summed E-state index contributed by atoms with van der Waals surface area (Å²) in [6.45, 7) is 8.28. The molecule has 6 heteroatoms. The number of rotatable bonds is 4. The molecular weight excluding hydrogens is 324 g/mol. The molecule has 0 unspecified atom stereocenters. The van der Waals surface area contributed by atoms with Gasteiger partial charge in [-0.25, -0.2) is 4.98 Å². The third-order valence-corrected chi connectivity index (χ3v) is 4.92. The Labute approximate surface area is 153 Å². The van der Waals surface area contributed by atoms with E-state index in [1.165, 1.54) is 0 Å². The van der Waals surface area contributed by atoms with E-state index in [1.54, 1.807) is 0 Å². The Morgan fingerprint density at radius 1 is 1.00 bits per heavy atom. The second kappa shape index (κ2) is 6.80. The van der Waals surface area contributed by atoms with E-state index < -0.39 is 0 Å². The average molecular weight is 348 g/mol. The van der Waals surface area contributed by atoms with Gasteiger partial charge in [-0.05, 0) is 30.1 Å². The topological polar surface area (TPSA) is 49.2 Å². The Balaban J connectivity index is 1.55. The molecule has 1 aliphatic rings. The Bertz CT molecular complexity index is 936. The van der Waals surface area contributed by atoms with Gasteiger partial charge in [0.25, 0.3) is 0 Å². The van der Waals surface area contributed by atoms with E-state index in [4.69, 9.17) is 0 Å². The normalized spacial score (nSPS) is 15.4. The molecule has 2 aromatic heterocycles. The first-order valence-corrected chi connectivity index (χ1v) is 8.87. The zero-order valence-electron chi connectivity index (χ0n) is 15.3. The lowest BCUT2D eigenvalue weighted by atomic mass is 10.1. The van der Waals surface area contributed by atoms with Gasteiger partial charge >= 0.3 is 0 Å². The SMILES string of the molecule is C=C(Nc1cc2cc(-c3cnn(C)c3)ccc2cn1)N1CCN(C)CC1. The number of nitrogens with zero attached hydrogens (tertiary/aromatic N) is 5. The molecule has 1 aromatic carbocycles. The first-order chi connectivity index (χ1) is 12.6. The molecule has 6 nitrogen and oxygen atoms in total. The number of piperazine rings is 1. The maximum Gasteiger partial charge on any atom is 0.131 e. The van der Waals surface area contributed by atoms with Crippen molar-refractivity contribution < 1.29 is 0 Å². The van der Waals surface area contributed by atoms with Crippen molar-refractivity contribution in [3.63, 3.8) is 0 Å². The molecule has 0 saturated carbocycles. The molecule has 0 spiro atoms. The first kappa shape index (κ1) is 16.6. The molecule has 26 heavy (non-hydrogen) atoms. The lowest BCUT2D eigenvalue weighted by Crippen LogP contribution is -2.44. The maximum absolute atomic E-state index is 4.54. The number of likely N-dealkylation sites (N-methyl/N-ethyl adjacent to an activating group) is 1. The minimum absolute atomic E-state index is 0.824.